The number of fused-ring (bicyclic) bond motifs is 5. The van der Waals surface area contributed by atoms with E-state index in [1.807, 2.05) is 6.92 Å². The molecule has 0 bridgehead atoms. The number of rotatable bonds is 0. The number of alkyl halides is 3. The third-order valence-electron chi connectivity index (χ3n) is 9.07. The molecule has 152 valence electrons. The molecule has 0 aliphatic heterocycles. The summed E-state index contributed by atoms with van der Waals surface area (Å²) in [6.07, 6.45) is -2.00. The molecular weight excluding hydrogens is 357 g/mol. The molecule has 4 aliphatic rings. The van der Waals surface area contributed by atoms with Gasteiger partial charge < -0.3 is 10.2 Å². The SMILES string of the molecule is CC1CC2=C(O)C(=O)CC[C@]2(C)C2CC[C@@]3(C)C(CC[C@@]3(O)C(F)(F)F)C12. The molecule has 3 nitrogen and oxygen atoms in total. The molecule has 7 atom stereocenters. The molecule has 0 saturated heterocycles. The lowest BCUT2D eigenvalue weighted by Crippen LogP contribution is -2.61. The second kappa shape index (κ2) is 5.52. The van der Waals surface area contributed by atoms with Gasteiger partial charge in [0, 0.05) is 11.8 Å². The fourth-order valence-electron chi connectivity index (χ4n) is 7.49. The second-order valence-corrected chi connectivity index (χ2v) is 9.99. The summed E-state index contributed by atoms with van der Waals surface area (Å²) in [4.78, 5) is 12.0. The zero-order valence-electron chi connectivity index (χ0n) is 16.2. The number of allylic oxidation sites excluding steroid dienone is 1. The van der Waals surface area contributed by atoms with Gasteiger partial charge in [0.1, 0.15) is 0 Å². The number of Topliss-reactive ketones (excluding diaryl/α,β-unsaturated/α-hetero) is 1. The summed E-state index contributed by atoms with van der Waals surface area (Å²) in [6.45, 7) is 5.76. The van der Waals surface area contributed by atoms with Gasteiger partial charge in [0.25, 0.3) is 0 Å². The molecule has 0 aromatic heterocycles. The Morgan fingerprint density at radius 2 is 1.70 bits per heavy atom. The van der Waals surface area contributed by atoms with Crippen LogP contribution < -0.4 is 0 Å². The lowest BCUT2D eigenvalue weighted by atomic mass is 9.44. The quantitative estimate of drug-likeness (QED) is 0.620. The Morgan fingerprint density at radius 3 is 2.33 bits per heavy atom. The van der Waals surface area contributed by atoms with Gasteiger partial charge in [-0.2, -0.15) is 13.2 Å². The van der Waals surface area contributed by atoms with E-state index in [-0.39, 0.29) is 47.0 Å². The topological polar surface area (TPSA) is 57.5 Å². The van der Waals surface area contributed by atoms with Crippen LogP contribution in [0.5, 0.6) is 0 Å². The molecule has 3 saturated carbocycles. The summed E-state index contributed by atoms with van der Waals surface area (Å²) < 4.78 is 41.4. The Kier molecular flexibility index (Phi) is 3.94. The Balaban J connectivity index is 1.76. The molecule has 4 aliphatic carbocycles. The van der Waals surface area contributed by atoms with Crippen molar-refractivity contribution in [3.8, 4) is 0 Å². The molecule has 3 fully saturated rings. The molecule has 0 spiro atoms. The highest BCUT2D eigenvalue weighted by Crippen LogP contribution is 2.70. The first-order valence-corrected chi connectivity index (χ1v) is 10.1. The van der Waals surface area contributed by atoms with Crippen molar-refractivity contribution in [2.75, 3.05) is 0 Å². The summed E-state index contributed by atoms with van der Waals surface area (Å²) in [5, 5.41) is 21.1. The number of halogens is 3. The Morgan fingerprint density at radius 1 is 1.07 bits per heavy atom. The molecule has 0 aromatic carbocycles. The lowest BCUT2D eigenvalue weighted by Gasteiger charge is -2.61. The molecule has 0 aromatic rings. The number of carbonyl (C=O) groups is 1. The van der Waals surface area contributed by atoms with Crippen molar-refractivity contribution in [1.29, 1.82) is 0 Å². The van der Waals surface area contributed by atoms with Gasteiger partial charge in [0.05, 0.1) is 0 Å². The predicted molar refractivity (Wildman–Crippen MR) is 93.8 cm³/mol. The van der Waals surface area contributed by atoms with Gasteiger partial charge in [-0.05, 0) is 73.2 Å². The van der Waals surface area contributed by atoms with Crippen LogP contribution in [0.4, 0.5) is 13.2 Å². The van der Waals surface area contributed by atoms with E-state index < -0.39 is 17.2 Å². The Labute approximate surface area is 158 Å². The minimum Gasteiger partial charge on any atom is -0.504 e. The lowest BCUT2D eigenvalue weighted by molar-refractivity contribution is -0.304. The van der Waals surface area contributed by atoms with E-state index in [4.69, 9.17) is 0 Å². The van der Waals surface area contributed by atoms with Crippen LogP contribution in [-0.2, 0) is 4.79 Å². The fourth-order valence-corrected chi connectivity index (χ4v) is 7.49. The minimum atomic E-state index is -4.62. The van der Waals surface area contributed by atoms with E-state index >= 15 is 0 Å². The average Bonchev–Trinajstić information content (AvgIpc) is 2.86. The maximum atomic E-state index is 13.8. The van der Waals surface area contributed by atoms with Crippen LogP contribution in [0.1, 0.15) is 65.7 Å². The minimum absolute atomic E-state index is 0.0786. The summed E-state index contributed by atoms with van der Waals surface area (Å²) in [6, 6.07) is 0. The predicted octanol–water partition coefficient (Wildman–Crippen LogP) is 4.94. The second-order valence-electron chi connectivity index (χ2n) is 9.99. The van der Waals surface area contributed by atoms with Crippen LogP contribution in [0.25, 0.3) is 0 Å². The zero-order chi connectivity index (χ0) is 20.0. The molecule has 4 rings (SSSR count). The molecule has 4 unspecified atom stereocenters. The van der Waals surface area contributed by atoms with E-state index in [1.54, 1.807) is 6.92 Å². The first-order chi connectivity index (χ1) is 12.4. The van der Waals surface area contributed by atoms with Gasteiger partial charge in [-0.1, -0.05) is 20.8 Å². The fraction of sp³-hybridized carbons (Fsp3) is 0.857. The third kappa shape index (κ3) is 2.22. The molecule has 0 amide bonds. The zero-order valence-corrected chi connectivity index (χ0v) is 16.2. The summed E-state index contributed by atoms with van der Waals surface area (Å²) in [5.41, 5.74) is -3.28. The van der Waals surface area contributed by atoms with Crippen molar-refractivity contribution in [3.63, 3.8) is 0 Å². The Hall–Kier alpha value is -1.04. The largest absolute Gasteiger partial charge is 0.504 e. The maximum Gasteiger partial charge on any atom is 0.417 e. The van der Waals surface area contributed by atoms with Crippen LogP contribution in [0.2, 0.25) is 0 Å². The standard InChI is InChI=1S/C21H29F3O3/c1-11-10-14-17(26)15(25)6-7-18(14,2)12-4-8-19(3)13(16(11)12)5-9-20(19,27)21(22,23)24/h11-13,16,26-27H,4-10H2,1-3H3/t11?,12?,13?,16?,18-,19+,20+/m1/s1. The van der Waals surface area contributed by atoms with Crippen molar-refractivity contribution in [1.82, 2.24) is 0 Å². The maximum absolute atomic E-state index is 13.8. The van der Waals surface area contributed by atoms with Gasteiger partial charge >= 0.3 is 6.18 Å². The highest BCUT2D eigenvalue weighted by molar-refractivity contribution is 5.95. The monoisotopic (exact) mass is 386 g/mol. The number of ketones is 1. The van der Waals surface area contributed by atoms with Crippen LogP contribution in [0.15, 0.2) is 11.3 Å². The molecule has 0 radical (unpaired) electrons. The average molecular weight is 386 g/mol. The summed E-state index contributed by atoms with van der Waals surface area (Å²) in [5.74, 6) is -0.168. The number of hydrogen-bond donors (Lipinski definition) is 2. The van der Waals surface area contributed by atoms with Crippen LogP contribution in [0, 0.1) is 34.5 Å². The van der Waals surface area contributed by atoms with Gasteiger partial charge in [-0.15, -0.1) is 0 Å². The van der Waals surface area contributed by atoms with Crippen LogP contribution in [-0.4, -0.2) is 27.8 Å². The highest BCUT2D eigenvalue weighted by Gasteiger charge is 2.73. The first-order valence-electron chi connectivity index (χ1n) is 10.1. The van der Waals surface area contributed by atoms with Crippen LogP contribution >= 0.6 is 0 Å². The summed E-state index contributed by atoms with van der Waals surface area (Å²) in [7, 11) is 0. The van der Waals surface area contributed by atoms with Crippen molar-refractivity contribution >= 4 is 5.78 Å². The number of aliphatic hydroxyl groups is 2. The van der Waals surface area contributed by atoms with E-state index in [0.29, 0.717) is 38.5 Å². The number of aliphatic hydroxyl groups excluding tert-OH is 1. The molecule has 2 N–H and O–H groups in total. The number of carbonyl (C=O) groups excluding carboxylic acids is 1. The van der Waals surface area contributed by atoms with Gasteiger partial charge in [-0.3, -0.25) is 4.79 Å². The van der Waals surface area contributed by atoms with Crippen molar-refractivity contribution in [3.05, 3.63) is 11.3 Å². The van der Waals surface area contributed by atoms with E-state index in [1.165, 1.54) is 0 Å². The molecular formula is C21H29F3O3. The highest BCUT2D eigenvalue weighted by atomic mass is 19.4. The van der Waals surface area contributed by atoms with Gasteiger partial charge in [0.15, 0.2) is 17.1 Å². The number of hydrogen-bond acceptors (Lipinski definition) is 3. The van der Waals surface area contributed by atoms with Crippen molar-refractivity contribution < 1.29 is 28.2 Å². The van der Waals surface area contributed by atoms with E-state index in [9.17, 15) is 28.2 Å². The van der Waals surface area contributed by atoms with Gasteiger partial charge in [-0.25, -0.2) is 0 Å². The van der Waals surface area contributed by atoms with E-state index in [2.05, 4.69) is 6.92 Å². The van der Waals surface area contributed by atoms with Gasteiger partial charge in [0.2, 0.25) is 0 Å². The smallest absolute Gasteiger partial charge is 0.417 e. The Bertz CT molecular complexity index is 714. The molecule has 27 heavy (non-hydrogen) atoms. The molecule has 6 heteroatoms. The van der Waals surface area contributed by atoms with Crippen molar-refractivity contribution in [2.45, 2.75) is 77.5 Å². The normalized spacial score (nSPS) is 50.3. The first kappa shape index (κ1) is 19.3. The van der Waals surface area contributed by atoms with Crippen LogP contribution in [0.3, 0.4) is 0 Å². The third-order valence-corrected chi connectivity index (χ3v) is 9.07. The summed E-state index contributed by atoms with van der Waals surface area (Å²) >= 11 is 0. The van der Waals surface area contributed by atoms with Crippen molar-refractivity contribution in [2.24, 2.45) is 34.5 Å². The molecule has 0 heterocycles. The van der Waals surface area contributed by atoms with E-state index in [0.717, 1.165) is 5.57 Å².